The SMILES string of the molecule is O=C(O)c1cc(F)cc(-c2cccc3ccsc23)c1. The largest absolute Gasteiger partial charge is 0.478 e. The zero-order valence-electron chi connectivity index (χ0n) is 9.76. The maximum absolute atomic E-state index is 13.5. The van der Waals surface area contributed by atoms with Crippen LogP contribution in [0, 0.1) is 5.82 Å². The molecular weight excluding hydrogens is 263 g/mol. The van der Waals surface area contributed by atoms with E-state index in [9.17, 15) is 9.18 Å². The van der Waals surface area contributed by atoms with Crippen molar-refractivity contribution < 1.29 is 14.3 Å². The molecule has 0 saturated heterocycles. The van der Waals surface area contributed by atoms with E-state index in [4.69, 9.17) is 5.11 Å². The number of fused-ring (bicyclic) bond motifs is 1. The van der Waals surface area contributed by atoms with E-state index < -0.39 is 11.8 Å². The van der Waals surface area contributed by atoms with Gasteiger partial charge in [-0.3, -0.25) is 0 Å². The zero-order valence-corrected chi connectivity index (χ0v) is 10.6. The Labute approximate surface area is 112 Å². The Bertz CT molecular complexity index is 777. The van der Waals surface area contributed by atoms with Gasteiger partial charge in [0, 0.05) is 4.70 Å². The van der Waals surface area contributed by atoms with E-state index in [0.717, 1.165) is 21.7 Å². The Morgan fingerprint density at radius 2 is 2.00 bits per heavy atom. The fourth-order valence-electron chi connectivity index (χ4n) is 2.09. The van der Waals surface area contributed by atoms with Gasteiger partial charge in [-0.2, -0.15) is 0 Å². The van der Waals surface area contributed by atoms with Crippen molar-refractivity contribution in [1.82, 2.24) is 0 Å². The predicted molar refractivity (Wildman–Crippen MR) is 74.2 cm³/mol. The molecule has 19 heavy (non-hydrogen) atoms. The lowest BCUT2D eigenvalue weighted by molar-refractivity contribution is 0.0696. The highest BCUT2D eigenvalue weighted by Gasteiger charge is 2.11. The van der Waals surface area contributed by atoms with Crippen molar-refractivity contribution in [1.29, 1.82) is 0 Å². The molecule has 1 aromatic heterocycles. The van der Waals surface area contributed by atoms with E-state index in [1.54, 1.807) is 11.3 Å². The van der Waals surface area contributed by atoms with Crippen LogP contribution in [0.1, 0.15) is 10.4 Å². The number of benzene rings is 2. The molecule has 0 amide bonds. The number of carboxylic acids is 1. The first kappa shape index (κ1) is 11.9. The van der Waals surface area contributed by atoms with Crippen LogP contribution in [-0.2, 0) is 0 Å². The van der Waals surface area contributed by atoms with Gasteiger partial charge >= 0.3 is 5.97 Å². The molecule has 1 heterocycles. The van der Waals surface area contributed by atoms with E-state index in [1.165, 1.54) is 12.1 Å². The maximum atomic E-state index is 13.5. The molecule has 0 bridgehead atoms. The molecule has 94 valence electrons. The lowest BCUT2D eigenvalue weighted by Gasteiger charge is -2.05. The number of carboxylic acid groups (broad SMARTS) is 1. The third-order valence-corrected chi connectivity index (χ3v) is 3.90. The van der Waals surface area contributed by atoms with Gasteiger partial charge in [0.2, 0.25) is 0 Å². The molecule has 0 radical (unpaired) electrons. The molecular formula is C15H9FO2S. The van der Waals surface area contributed by atoms with Crippen molar-refractivity contribution in [2.45, 2.75) is 0 Å². The number of thiophene rings is 1. The second-order valence-electron chi connectivity index (χ2n) is 4.18. The van der Waals surface area contributed by atoms with Crippen LogP contribution in [0.15, 0.2) is 47.8 Å². The molecule has 2 aromatic carbocycles. The molecule has 2 nitrogen and oxygen atoms in total. The lowest BCUT2D eigenvalue weighted by atomic mass is 10.0. The zero-order chi connectivity index (χ0) is 13.4. The monoisotopic (exact) mass is 272 g/mol. The minimum absolute atomic E-state index is 0.0384. The second kappa shape index (κ2) is 4.48. The second-order valence-corrected chi connectivity index (χ2v) is 5.09. The van der Waals surface area contributed by atoms with Gasteiger partial charge in [-0.25, -0.2) is 9.18 Å². The summed E-state index contributed by atoms with van der Waals surface area (Å²) >= 11 is 1.56. The van der Waals surface area contributed by atoms with E-state index in [1.807, 2.05) is 29.6 Å². The smallest absolute Gasteiger partial charge is 0.335 e. The van der Waals surface area contributed by atoms with Crippen molar-refractivity contribution in [2.24, 2.45) is 0 Å². The van der Waals surface area contributed by atoms with Gasteiger partial charge in [0.1, 0.15) is 5.82 Å². The minimum Gasteiger partial charge on any atom is -0.478 e. The molecule has 0 saturated carbocycles. The predicted octanol–water partition coefficient (Wildman–Crippen LogP) is 4.41. The first-order valence-corrected chi connectivity index (χ1v) is 6.53. The molecule has 0 unspecified atom stereocenters. The van der Waals surface area contributed by atoms with Crippen molar-refractivity contribution in [3.05, 3.63) is 59.2 Å². The van der Waals surface area contributed by atoms with E-state index >= 15 is 0 Å². The summed E-state index contributed by atoms with van der Waals surface area (Å²) in [6.07, 6.45) is 0. The third kappa shape index (κ3) is 2.11. The van der Waals surface area contributed by atoms with Gasteiger partial charge in [-0.15, -0.1) is 11.3 Å². The lowest BCUT2D eigenvalue weighted by Crippen LogP contribution is -1.97. The van der Waals surface area contributed by atoms with Gasteiger partial charge in [-0.05, 0) is 46.2 Å². The van der Waals surface area contributed by atoms with Crippen molar-refractivity contribution in [3.63, 3.8) is 0 Å². The molecule has 0 aliphatic heterocycles. The van der Waals surface area contributed by atoms with Crippen LogP contribution in [0.2, 0.25) is 0 Å². The summed E-state index contributed by atoms with van der Waals surface area (Å²) in [6, 6.07) is 11.6. The van der Waals surface area contributed by atoms with Crippen LogP contribution in [0.4, 0.5) is 4.39 Å². The van der Waals surface area contributed by atoms with Crippen LogP contribution in [0.3, 0.4) is 0 Å². The van der Waals surface area contributed by atoms with Gasteiger partial charge in [0.25, 0.3) is 0 Å². The van der Waals surface area contributed by atoms with Gasteiger partial charge in [-0.1, -0.05) is 18.2 Å². The highest BCUT2D eigenvalue weighted by molar-refractivity contribution is 7.17. The van der Waals surface area contributed by atoms with Gasteiger partial charge in [0.05, 0.1) is 5.56 Å². The summed E-state index contributed by atoms with van der Waals surface area (Å²) < 4.78 is 14.6. The standard InChI is InChI=1S/C15H9FO2S/c16-12-7-10(6-11(8-12)15(17)18)13-3-1-2-9-4-5-19-14(9)13/h1-8H,(H,17,18). The molecule has 3 aromatic rings. The summed E-state index contributed by atoms with van der Waals surface area (Å²) in [7, 11) is 0. The molecule has 4 heteroatoms. The quantitative estimate of drug-likeness (QED) is 0.750. The Kier molecular flexibility index (Phi) is 2.80. The first-order chi connectivity index (χ1) is 9.15. The summed E-state index contributed by atoms with van der Waals surface area (Å²) in [4.78, 5) is 11.0. The Morgan fingerprint density at radius 1 is 1.16 bits per heavy atom. The highest BCUT2D eigenvalue weighted by atomic mass is 32.1. The van der Waals surface area contributed by atoms with Crippen LogP contribution in [0.25, 0.3) is 21.2 Å². The van der Waals surface area contributed by atoms with Crippen LogP contribution < -0.4 is 0 Å². The summed E-state index contributed by atoms with van der Waals surface area (Å²) in [5.74, 6) is -1.66. The fraction of sp³-hybridized carbons (Fsp3) is 0. The molecule has 0 aliphatic carbocycles. The Hall–Kier alpha value is -2.20. The van der Waals surface area contributed by atoms with Gasteiger partial charge in [0.15, 0.2) is 0 Å². The van der Waals surface area contributed by atoms with Crippen molar-refractivity contribution >= 4 is 27.4 Å². The van der Waals surface area contributed by atoms with Crippen LogP contribution >= 0.6 is 11.3 Å². The number of carbonyl (C=O) groups is 1. The maximum Gasteiger partial charge on any atom is 0.335 e. The van der Waals surface area contributed by atoms with E-state index in [0.29, 0.717) is 5.56 Å². The summed E-state index contributed by atoms with van der Waals surface area (Å²) in [5, 5.41) is 12.0. The molecule has 0 atom stereocenters. The number of hydrogen-bond acceptors (Lipinski definition) is 2. The number of aromatic carboxylic acids is 1. The van der Waals surface area contributed by atoms with E-state index in [2.05, 4.69) is 0 Å². The fourth-order valence-corrected chi connectivity index (χ4v) is 3.02. The molecule has 0 fully saturated rings. The Balaban J connectivity index is 2.26. The average molecular weight is 272 g/mol. The summed E-state index contributed by atoms with van der Waals surface area (Å²) in [5.41, 5.74) is 1.41. The average Bonchev–Trinajstić information content (AvgIpc) is 2.85. The minimum atomic E-state index is -1.13. The Morgan fingerprint density at radius 3 is 2.79 bits per heavy atom. The van der Waals surface area contributed by atoms with Crippen molar-refractivity contribution in [2.75, 3.05) is 0 Å². The van der Waals surface area contributed by atoms with E-state index in [-0.39, 0.29) is 5.56 Å². The normalized spacial score (nSPS) is 10.8. The van der Waals surface area contributed by atoms with Crippen LogP contribution in [-0.4, -0.2) is 11.1 Å². The van der Waals surface area contributed by atoms with Crippen LogP contribution in [0.5, 0.6) is 0 Å². The topological polar surface area (TPSA) is 37.3 Å². The van der Waals surface area contributed by atoms with Crippen molar-refractivity contribution in [3.8, 4) is 11.1 Å². The highest BCUT2D eigenvalue weighted by Crippen LogP contribution is 2.33. The summed E-state index contributed by atoms with van der Waals surface area (Å²) in [6.45, 7) is 0. The van der Waals surface area contributed by atoms with Gasteiger partial charge < -0.3 is 5.11 Å². The first-order valence-electron chi connectivity index (χ1n) is 5.65. The molecule has 3 rings (SSSR count). The number of halogens is 1. The molecule has 0 aliphatic rings. The number of hydrogen-bond donors (Lipinski definition) is 1. The molecule has 0 spiro atoms. The molecule has 1 N–H and O–H groups in total. The number of rotatable bonds is 2. The third-order valence-electron chi connectivity index (χ3n) is 2.93.